The van der Waals surface area contributed by atoms with Crippen LogP contribution in [0, 0.1) is 25.7 Å². The summed E-state index contributed by atoms with van der Waals surface area (Å²) >= 11 is 6.45. The summed E-state index contributed by atoms with van der Waals surface area (Å²) in [5.74, 6) is 0.827. The number of aromatic nitrogens is 1. The van der Waals surface area contributed by atoms with Crippen molar-refractivity contribution in [1.82, 2.24) is 9.88 Å². The van der Waals surface area contributed by atoms with Gasteiger partial charge in [0, 0.05) is 41.1 Å². The van der Waals surface area contributed by atoms with Crippen LogP contribution in [0.2, 0.25) is 5.02 Å². The second kappa shape index (κ2) is 13.8. The van der Waals surface area contributed by atoms with Gasteiger partial charge in [-0.25, -0.2) is 13.1 Å². The number of aryl methyl sites for hydroxylation is 2. The van der Waals surface area contributed by atoms with E-state index < -0.39 is 26.8 Å². The molecule has 1 aliphatic heterocycles. The average Bonchev–Trinajstić information content (AvgIpc) is 3.26. The monoisotopic (exact) mass is 709 g/mol. The second-order valence-corrected chi connectivity index (χ2v) is 17.2. The summed E-state index contributed by atoms with van der Waals surface area (Å²) in [5.41, 5.74) is 3.73. The molecule has 3 aliphatic rings. The zero-order chi connectivity index (χ0) is 35.1. The number of hydrogen-bond acceptors (Lipinski definition) is 8. The first-order chi connectivity index (χ1) is 23.2. The molecule has 1 amide bonds. The van der Waals surface area contributed by atoms with Crippen LogP contribution in [0.1, 0.15) is 91.4 Å². The van der Waals surface area contributed by atoms with E-state index in [0.29, 0.717) is 36.9 Å². The predicted molar refractivity (Wildman–Crippen MR) is 192 cm³/mol. The molecule has 3 aromatic rings. The third-order valence-corrected chi connectivity index (χ3v) is 13.0. The molecular weight excluding hydrogens is 662 g/mol. The Morgan fingerprint density at radius 1 is 1.22 bits per heavy atom. The largest absolute Gasteiger partial charge is 0.490 e. The number of benzene rings is 2. The number of ether oxygens (including phenoxy) is 1. The fourth-order valence-corrected chi connectivity index (χ4v) is 8.63. The minimum atomic E-state index is -3.82. The van der Waals surface area contributed by atoms with Crippen molar-refractivity contribution in [3.05, 3.63) is 87.3 Å². The van der Waals surface area contributed by atoms with E-state index in [-0.39, 0.29) is 22.8 Å². The number of carbonyl (C=O) groups excluding carboxylic acids is 1. The van der Waals surface area contributed by atoms with Crippen LogP contribution in [-0.2, 0) is 28.3 Å². The molecule has 0 radical (unpaired) electrons. The van der Waals surface area contributed by atoms with Crippen molar-refractivity contribution in [2.24, 2.45) is 11.8 Å². The third-order valence-electron chi connectivity index (χ3n) is 11.0. The Kier molecular flexibility index (Phi) is 9.96. The Morgan fingerprint density at radius 2 is 2.02 bits per heavy atom. The molecule has 264 valence electrons. The number of amides is 1. The van der Waals surface area contributed by atoms with Gasteiger partial charge < -0.3 is 19.3 Å². The lowest BCUT2D eigenvalue weighted by Gasteiger charge is -2.49. The highest BCUT2D eigenvalue weighted by Crippen LogP contribution is 2.49. The first-order valence-electron chi connectivity index (χ1n) is 17.4. The molecule has 11 heteroatoms. The molecule has 2 heterocycles. The van der Waals surface area contributed by atoms with E-state index in [0.717, 1.165) is 61.2 Å². The van der Waals surface area contributed by atoms with Crippen LogP contribution in [0.4, 0.5) is 5.69 Å². The number of allylic oxidation sites excluding steroid dienone is 1. The fourth-order valence-electron chi connectivity index (χ4n) is 7.82. The number of halogens is 1. The van der Waals surface area contributed by atoms with Crippen LogP contribution in [0.3, 0.4) is 0 Å². The van der Waals surface area contributed by atoms with E-state index >= 15 is 0 Å². The topological polar surface area (TPSA) is 122 Å². The Hall–Kier alpha value is -3.34. The number of nitrogens with one attached hydrogen (secondary N) is 1. The number of hydrogen-bond donors (Lipinski definition) is 2. The van der Waals surface area contributed by atoms with Gasteiger partial charge in [-0.1, -0.05) is 41.9 Å². The second-order valence-electron chi connectivity index (χ2n) is 14.5. The summed E-state index contributed by atoms with van der Waals surface area (Å²) in [7, 11) is -3.82. The molecule has 0 saturated heterocycles. The van der Waals surface area contributed by atoms with Crippen molar-refractivity contribution in [2.45, 2.75) is 95.8 Å². The number of aliphatic hydroxyl groups is 1. The van der Waals surface area contributed by atoms with Crippen molar-refractivity contribution >= 4 is 33.2 Å². The molecule has 9 nitrogen and oxygen atoms in total. The molecule has 6 rings (SSSR count). The standard InChI is InChI=1S/C38H48ClN3O6S/c1-6-7-17-38(44,20-33-25(4)26(5)48-40-33)32-13-10-29(32)21-42-22-37(16-8-9-27-18-30(39)12-14-31(27)37)23-47-35-15-11-28(19-34(35)42)36(43)41-49(45,46)24(2)3/h7,11-12,14-15,17-19,24,29,32,44H,6,8-10,13,16,20-23H2,1-5H3,(H,41,43)/b17-7+/t29-,32+,37-,38+/m0/s1. The quantitative estimate of drug-likeness (QED) is 0.219. The summed E-state index contributed by atoms with van der Waals surface area (Å²) in [5, 5.41) is 16.6. The van der Waals surface area contributed by atoms with Gasteiger partial charge in [0.1, 0.15) is 11.5 Å². The van der Waals surface area contributed by atoms with Gasteiger partial charge >= 0.3 is 0 Å². The lowest BCUT2D eigenvalue weighted by atomic mass is 9.62. The van der Waals surface area contributed by atoms with Gasteiger partial charge in [0.05, 0.1) is 28.8 Å². The number of anilines is 1. The third kappa shape index (κ3) is 7.01. The maximum atomic E-state index is 13.3. The molecule has 2 aliphatic carbocycles. The molecule has 4 atom stereocenters. The molecule has 1 aromatic heterocycles. The normalized spacial score (nSPS) is 23.4. The Labute approximate surface area is 295 Å². The number of rotatable bonds is 10. The Bertz CT molecular complexity index is 1860. The maximum Gasteiger partial charge on any atom is 0.264 e. The van der Waals surface area contributed by atoms with Crippen LogP contribution in [0.5, 0.6) is 5.75 Å². The molecule has 1 fully saturated rings. The number of carbonyl (C=O) groups is 1. The Balaban J connectivity index is 1.37. The van der Waals surface area contributed by atoms with E-state index in [9.17, 15) is 18.3 Å². The van der Waals surface area contributed by atoms with E-state index in [1.165, 1.54) is 25.0 Å². The van der Waals surface area contributed by atoms with Gasteiger partial charge in [-0.3, -0.25) is 4.79 Å². The summed E-state index contributed by atoms with van der Waals surface area (Å²) in [6.07, 6.45) is 9.81. The number of sulfonamides is 1. The smallest absolute Gasteiger partial charge is 0.264 e. The highest BCUT2D eigenvalue weighted by Gasteiger charge is 2.48. The van der Waals surface area contributed by atoms with Crippen LogP contribution in [0.25, 0.3) is 0 Å². The fraction of sp³-hybridized carbons (Fsp3) is 0.526. The average molecular weight is 710 g/mol. The van der Waals surface area contributed by atoms with Gasteiger partial charge in [-0.05, 0) is 120 Å². The van der Waals surface area contributed by atoms with Gasteiger partial charge in [-0.2, -0.15) is 0 Å². The number of fused-ring (bicyclic) bond motifs is 3. The van der Waals surface area contributed by atoms with Crippen LogP contribution < -0.4 is 14.4 Å². The first kappa shape index (κ1) is 35.5. The van der Waals surface area contributed by atoms with Crippen molar-refractivity contribution in [3.8, 4) is 5.75 Å². The summed E-state index contributed by atoms with van der Waals surface area (Å²) in [6, 6.07) is 11.3. The number of nitrogens with zero attached hydrogens (tertiary/aromatic N) is 2. The SMILES string of the molecule is CC/C=C/[C@@](O)(Cc1noc(C)c1C)[C@@H]1CC[C@H]1CN1C[C@@]2(CCCc3cc(Cl)ccc32)COc2ccc(C(=O)NS(=O)(=O)C(C)C)cc21. The molecule has 49 heavy (non-hydrogen) atoms. The molecule has 1 saturated carbocycles. The van der Waals surface area contributed by atoms with Crippen LogP contribution in [-0.4, -0.2) is 55.1 Å². The highest BCUT2D eigenvalue weighted by atomic mass is 35.5. The Morgan fingerprint density at radius 3 is 2.69 bits per heavy atom. The minimum Gasteiger partial charge on any atom is -0.490 e. The molecule has 0 bridgehead atoms. The minimum absolute atomic E-state index is 0.0320. The first-order valence-corrected chi connectivity index (χ1v) is 19.4. The lowest BCUT2D eigenvalue weighted by molar-refractivity contribution is -0.0456. The highest BCUT2D eigenvalue weighted by molar-refractivity contribution is 7.90. The van der Waals surface area contributed by atoms with Crippen molar-refractivity contribution in [2.75, 3.05) is 24.6 Å². The van der Waals surface area contributed by atoms with E-state index in [2.05, 4.69) is 33.8 Å². The van der Waals surface area contributed by atoms with E-state index in [1.54, 1.807) is 18.2 Å². The molecule has 2 aromatic carbocycles. The summed E-state index contributed by atoms with van der Waals surface area (Å²) in [6.45, 7) is 10.7. The molecular formula is C38H48ClN3O6S. The molecule has 0 unspecified atom stereocenters. The van der Waals surface area contributed by atoms with Crippen molar-refractivity contribution in [1.29, 1.82) is 0 Å². The van der Waals surface area contributed by atoms with Crippen molar-refractivity contribution in [3.63, 3.8) is 0 Å². The predicted octanol–water partition coefficient (Wildman–Crippen LogP) is 6.85. The summed E-state index contributed by atoms with van der Waals surface area (Å²) in [4.78, 5) is 15.6. The molecule has 2 N–H and O–H groups in total. The van der Waals surface area contributed by atoms with Gasteiger partial charge in [-0.15, -0.1) is 0 Å². The van der Waals surface area contributed by atoms with Crippen LogP contribution in [0.15, 0.2) is 53.1 Å². The van der Waals surface area contributed by atoms with Gasteiger partial charge in [0.2, 0.25) is 10.0 Å². The zero-order valence-corrected chi connectivity index (χ0v) is 30.7. The van der Waals surface area contributed by atoms with Gasteiger partial charge in [0.25, 0.3) is 5.91 Å². The van der Waals surface area contributed by atoms with E-state index in [4.69, 9.17) is 20.9 Å². The van der Waals surface area contributed by atoms with E-state index in [1.807, 2.05) is 32.1 Å². The maximum absolute atomic E-state index is 13.3. The van der Waals surface area contributed by atoms with Crippen molar-refractivity contribution < 1.29 is 27.6 Å². The zero-order valence-electron chi connectivity index (χ0n) is 29.1. The van der Waals surface area contributed by atoms with Crippen LogP contribution >= 0.6 is 11.6 Å². The molecule has 1 spiro atoms. The summed E-state index contributed by atoms with van der Waals surface area (Å²) < 4.78 is 39.5. The van der Waals surface area contributed by atoms with Gasteiger partial charge in [0.15, 0.2) is 0 Å². The lowest BCUT2D eigenvalue weighted by Crippen LogP contribution is -2.53.